The first kappa shape index (κ1) is 22.2. The van der Waals surface area contributed by atoms with Crippen molar-refractivity contribution in [1.29, 1.82) is 5.26 Å². The zero-order valence-electron chi connectivity index (χ0n) is 18.9. The highest BCUT2D eigenvalue weighted by molar-refractivity contribution is 6.28. The Bertz CT molecular complexity index is 1300. The Hall–Kier alpha value is -3.57. The summed E-state index contributed by atoms with van der Waals surface area (Å²) < 4.78 is 0. The molecule has 0 radical (unpaired) electrons. The molecule has 34 heavy (non-hydrogen) atoms. The van der Waals surface area contributed by atoms with Gasteiger partial charge in [-0.3, -0.25) is 0 Å². The summed E-state index contributed by atoms with van der Waals surface area (Å²) in [6.45, 7) is 4.80. The van der Waals surface area contributed by atoms with Gasteiger partial charge in [0.05, 0.1) is 30.8 Å². The number of carboxylic acid groups (broad SMARTS) is 1. The van der Waals surface area contributed by atoms with Crippen molar-refractivity contribution in [1.82, 2.24) is 14.9 Å². The van der Waals surface area contributed by atoms with Crippen LogP contribution in [0.4, 0.5) is 16.3 Å². The molecule has 8 nitrogen and oxygen atoms in total. The molecule has 1 N–H and O–H groups in total. The van der Waals surface area contributed by atoms with E-state index in [0.29, 0.717) is 26.2 Å². The fourth-order valence-electron chi connectivity index (χ4n) is 5.20. The number of fused-ring (bicyclic) bond motifs is 2. The molecular formula is C25H25ClN6O2. The highest BCUT2D eigenvalue weighted by Crippen LogP contribution is 2.35. The van der Waals surface area contributed by atoms with Gasteiger partial charge >= 0.3 is 6.09 Å². The Morgan fingerprint density at radius 3 is 2.74 bits per heavy atom. The standard InChI is InChI=1S/C25H25ClN6O2/c1-16-4-2-5-17-6-3-7-21(22(16)17)30-11-9-19-20(15-30)28-24(26)29-23(19)31-12-13-32(25(33)34)18(14-31)8-10-27/h2-7,18H,8-9,11-15H2,1H3,(H,33,34). The molecule has 1 amide bonds. The minimum atomic E-state index is -0.997. The number of aromatic nitrogens is 2. The third kappa shape index (κ3) is 3.97. The molecule has 3 heterocycles. The summed E-state index contributed by atoms with van der Waals surface area (Å²) in [5.41, 5.74) is 4.36. The summed E-state index contributed by atoms with van der Waals surface area (Å²) in [4.78, 5) is 26.5. The lowest BCUT2D eigenvalue weighted by Crippen LogP contribution is -2.55. The van der Waals surface area contributed by atoms with Crippen LogP contribution in [0.15, 0.2) is 36.4 Å². The molecule has 3 aromatic rings. The second-order valence-corrected chi connectivity index (χ2v) is 9.14. The highest BCUT2D eigenvalue weighted by atomic mass is 35.5. The van der Waals surface area contributed by atoms with Crippen molar-refractivity contribution in [2.75, 3.05) is 36.0 Å². The lowest BCUT2D eigenvalue weighted by atomic mass is 9.99. The number of aryl methyl sites for hydroxylation is 1. The fraction of sp³-hybridized carbons (Fsp3) is 0.360. The lowest BCUT2D eigenvalue weighted by Gasteiger charge is -2.41. The molecule has 0 bridgehead atoms. The number of rotatable bonds is 3. The predicted molar refractivity (Wildman–Crippen MR) is 131 cm³/mol. The van der Waals surface area contributed by atoms with Crippen molar-refractivity contribution in [2.24, 2.45) is 0 Å². The third-order valence-electron chi connectivity index (χ3n) is 6.80. The molecule has 0 spiro atoms. The van der Waals surface area contributed by atoms with Crippen LogP contribution in [-0.4, -0.2) is 58.3 Å². The Kier molecular flexibility index (Phi) is 5.88. The average molecular weight is 477 g/mol. The zero-order chi connectivity index (χ0) is 23.8. The van der Waals surface area contributed by atoms with Gasteiger partial charge in [0.25, 0.3) is 0 Å². The van der Waals surface area contributed by atoms with Crippen LogP contribution in [0.25, 0.3) is 10.8 Å². The number of nitrogens with zero attached hydrogens (tertiary/aromatic N) is 6. The molecule has 174 valence electrons. The van der Waals surface area contributed by atoms with Crippen LogP contribution in [0.3, 0.4) is 0 Å². The quantitative estimate of drug-likeness (QED) is 0.565. The molecule has 2 aromatic carbocycles. The minimum absolute atomic E-state index is 0.137. The molecule has 5 rings (SSSR count). The normalized spacial score (nSPS) is 18.0. The molecule has 1 atom stereocenters. The van der Waals surface area contributed by atoms with Gasteiger partial charge in [0.15, 0.2) is 0 Å². The first-order valence-electron chi connectivity index (χ1n) is 11.4. The van der Waals surface area contributed by atoms with E-state index in [1.165, 1.54) is 26.9 Å². The Labute approximate surface area is 203 Å². The molecule has 1 aromatic heterocycles. The summed E-state index contributed by atoms with van der Waals surface area (Å²) in [5, 5.41) is 21.4. The van der Waals surface area contributed by atoms with Gasteiger partial charge in [-0.05, 0) is 42.0 Å². The van der Waals surface area contributed by atoms with Gasteiger partial charge in [0.1, 0.15) is 5.82 Å². The number of carbonyl (C=O) groups is 1. The topological polar surface area (TPSA) is 96.6 Å². The Morgan fingerprint density at radius 1 is 1.18 bits per heavy atom. The molecule has 2 aliphatic heterocycles. The highest BCUT2D eigenvalue weighted by Gasteiger charge is 2.33. The molecule has 2 aliphatic rings. The second-order valence-electron chi connectivity index (χ2n) is 8.80. The SMILES string of the molecule is Cc1cccc2cccc(N3CCc4c(nc(Cl)nc4N4CCN(C(=O)O)C(CC#N)C4)C3)c12. The maximum absolute atomic E-state index is 11.6. The van der Waals surface area contributed by atoms with Gasteiger partial charge in [-0.15, -0.1) is 0 Å². The largest absolute Gasteiger partial charge is 0.465 e. The summed E-state index contributed by atoms with van der Waals surface area (Å²) in [6.07, 6.45) is -0.104. The van der Waals surface area contributed by atoms with E-state index in [0.717, 1.165) is 30.0 Å². The van der Waals surface area contributed by atoms with E-state index >= 15 is 0 Å². The van der Waals surface area contributed by atoms with Crippen molar-refractivity contribution < 1.29 is 9.90 Å². The van der Waals surface area contributed by atoms with Gasteiger partial charge in [-0.1, -0.05) is 30.3 Å². The molecule has 1 fully saturated rings. The number of halogens is 1. The van der Waals surface area contributed by atoms with Gasteiger partial charge in [0.2, 0.25) is 5.28 Å². The van der Waals surface area contributed by atoms with Crippen LogP contribution in [-0.2, 0) is 13.0 Å². The lowest BCUT2D eigenvalue weighted by molar-refractivity contribution is 0.119. The van der Waals surface area contributed by atoms with Crippen LogP contribution < -0.4 is 9.80 Å². The maximum atomic E-state index is 11.6. The number of amides is 1. The van der Waals surface area contributed by atoms with Crippen LogP contribution in [0.5, 0.6) is 0 Å². The van der Waals surface area contributed by atoms with Gasteiger partial charge in [-0.2, -0.15) is 5.26 Å². The van der Waals surface area contributed by atoms with Crippen LogP contribution in [0.1, 0.15) is 23.2 Å². The number of hydrogen-bond acceptors (Lipinski definition) is 6. The van der Waals surface area contributed by atoms with Crippen LogP contribution >= 0.6 is 11.6 Å². The fourth-order valence-corrected chi connectivity index (χ4v) is 5.38. The second kappa shape index (κ2) is 8.99. The van der Waals surface area contributed by atoms with Crippen molar-refractivity contribution >= 4 is 40.0 Å². The predicted octanol–water partition coefficient (Wildman–Crippen LogP) is 4.24. The van der Waals surface area contributed by atoms with Gasteiger partial charge in [-0.25, -0.2) is 14.8 Å². The van der Waals surface area contributed by atoms with E-state index in [2.05, 4.69) is 69.2 Å². The average Bonchev–Trinajstić information content (AvgIpc) is 2.83. The number of benzene rings is 2. The molecule has 0 aliphatic carbocycles. The zero-order valence-corrected chi connectivity index (χ0v) is 19.7. The molecular weight excluding hydrogens is 452 g/mol. The monoisotopic (exact) mass is 476 g/mol. The molecule has 1 saturated heterocycles. The van der Waals surface area contributed by atoms with E-state index in [1.54, 1.807) is 0 Å². The van der Waals surface area contributed by atoms with Crippen molar-refractivity contribution in [3.8, 4) is 6.07 Å². The first-order valence-corrected chi connectivity index (χ1v) is 11.7. The minimum Gasteiger partial charge on any atom is -0.465 e. The number of anilines is 2. The number of nitriles is 1. The number of piperazine rings is 1. The van der Waals surface area contributed by atoms with E-state index in [-0.39, 0.29) is 11.7 Å². The summed E-state index contributed by atoms with van der Waals surface area (Å²) in [5.74, 6) is 0.761. The van der Waals surface area contributed by atoms with Crippen LogP contribution in [0.2, 0.25) is 5.28 Å². The van der Waals surface area contributed by atoms with E-state index < -0.39 is 12.1 Å². The van der Waals surface area contributed by atoms with Crippen molar-refractivity contribution in [3.05, 3.63) is 58.5 Å². The number of hydrogen-bond donors (Lipinski definition) is 1. The molecule has 1 unspecified atom stereocenters. The Balaban J connectivity index is 1.47. The van der Waals surface area contributed by atoms with Gasteiger partial charge in [0, 0.05) is 42.8 Å². The summed E-state index contributed by atoms with van der Waals surface area (Å²) in [7, 11) is 0. The summed E-state index contributed by atoms with van der Waals surface area (Å²) in [6, 6.07) is 14.4. The third-order valence-corrected chi connectivity index (χ3v) is 6.97. The Morgan fingerprint density at radius 2 is 1.97 bits per heavy atom. The maximum Gasteiger partial charge on any atom is 0.407 e. The van der Waals surface area contributed by atoms with Crippen molar-refractivity contribution in [3.63, 3.8) is 0 Å². The van der Waals surface area contributed by atoms with E-state index in [1.807, 2.05) is 0 Å². The molecule has 0 saturated carbocycles. The van der Waals surface area contributed by atoms with Gasteiger partial charge < -0.3 is 19.8 Å². The van der Waals surface area contributed by atoms with Crippen LogP contribution in [0, 0.1) is 18.3 Å². The first-order chi connectivity index (χ1) is 16.5. The summed E-state index contributed by atoms with van der Waals surface area (Å²) >= 11 is 6.37. The van der Waals surface area contributed by atoms with Crippen molar-refractivity contribution in [2.45, 2.75) is 32.4 Å². The molecule has 9 heteroatoms. The van der Waals surface area contributed by atoms with E-state index in [4.69, 9.17) is 11.6 Å². The smallest absolute Gasteiger partial charge is 0.407 e. The van der Waals surface area contributed by atoms with E-state index in [9.17, 15) is 15.2 Å².